The second-order valence-corrected chi connectivity index (χ2v) is 6.27. The zero-order valence-electron chi connectivity index (χ0n) is 15.8. The number of rotatable bonds is 7. The van der Waals surface area contributed by atoms with Gasteiger partial charge in [-0.25, -0.2) is 9.97 Å². The minimum absolute atomic E-state index is 0.524. The van der Waals surface area contributed by atoms with Crippen molar-refractivity contribution in [3.63, 3.8) is 0 Å². The molecule has 0 unspecified atom stereocenters. The number of methoxy groups -OCH3 is 2. The molecule has 1 N–H and O–H groups in total. The highest BCUT2D eigenvalue weighted by atomic mass is 16.5. The molecule has 0 fully saturated rings. The van der Waals surface area contributed by atoms with Gasteiger partial charge in [0.1, 0.15) is 23.1 Å². The first-order valence-corrected chi connectivity index (χ1v) is 8.38. The Morgan fingerprint density at radius 2 is 1.96 bits per heavy atom. The molecule has 0 atom stereocenters. The Balaban J connectivity index is 1.81. The number of nitrogens with one attached hydrogen (secondary N) is 1. The first kappa shape index (κ1) is 18.0. The summed E-state index contributed by atoms with van der Waals surface area (Å²) in [6.07, 6.45) is 1.83. The number of aromatic nitrogens is 3. The SMILES string of the molecule is COc1ccc(OC)c(-c2nc(CN(C)Cc3ncc(C)[nH]3)c(C)o2)c1. The van der Waals surface area contributed by atoms with E-state index in [4.69, 9.17) is 13.9 Å². The molecule has 138 valence electrons. The molecule has 0 radical (unpaired) electrons. The lowest BCUT2D eigenvalue weighted by Gasteiger charge is -2.13. The molecule has 26 heavy (non-hydrogen) atoms. The van der Waals surface area contributed by atoms with Crippen LogP contribution in [0, 0.1) is 13.8 Å². The predicted molar refractivity (Wildman–Crippen MR) is 98.3 cm³/mol. The second kappa shape index (κ2) is 7.61. The Labute approximate surface area is 153 Å². The van der Waals surface area contributed by atoms with Gasteiger partial charge in [0.15, 0.2) is 0 Å². The fourth-order valence-corrected chi connectivity index (χ4v) is 2.79. The van der Waals surface area contributed by atoms with Crippen LogP contribution in [0.5, 0.6) is 11.5 Å². The van der Waals surface area contributed by atoms with Crippen molar-refractivity contribution in [3.8, 4) is 23.0 Å². The molecule has 0 spiro atoms. The van der Waals surface area contributed by atoms with Gasteiger partial charge < -0.3 is 18.9 Å². The molecule has 0 aliphatic carbocycles. The maximum absolute atomic E-state index is 5.90. The summed E-state index contributed by atoms with van der Waals surface area (Å²) in [7, 11) is 5.28. The fourth-order valence-electron chi connectivity index (χ4n) is 2.79. The number of imidazole rings is 1. The summed E-state index contributed by atoms with van der Waals surface area (Å²) < 4.78 is 16.6. The Hall–Kier alpha value is -2.80. The zero-order valence-corrected chi connectivity index (χ0v) is 15.8. The first-order chi connectivity index (χ1) is 12.5. The lowest BCUT2D eigenvalue weighted by molar-refractivity contribution is 0.306. The van der Waals surface area contributed by atoms with Gasteiger partial charge in [-0.05, 0) is 39.1 Å². The summed E-state index contributed by atoms with van der Waals surface area (Å²) in [5.74, 6) is 3.66. The van der Waals surface area contributed by atoms with Crippen molar-refractivity contribution in [1.82, 2.24) is 19.9 Å². The van der Waals surface area contributed by atoms with E-state index in [0.29, 0.717) is 24.7 Å². The highest BCUT2D eigenvalue weighted by molar-refractivity contribution is 5.65. The van der Waals surface area contributed by atoms with Crippen LogP contribution < -0.4 is 9.47 Å². The van der Waals surface area contributed by atoms with Gasteiger partial charge in [-0.2, -0.15) is 0 Å². The van der Waals surface area contributed by atoms with E-state index in [2.05, 4.69) is 19.9 Å². The minimum atomic E-state index is 0.524. The molecule has 7 heteroatoms. The lowest BCUT2D eigenvalue weighted by atomic mass is 10.2. The summed E-state index contributed by atoms with van der Waals surface area (Å²) in [5, 5.41) is 0. The molecule has 0 amide bonds. The maximum Gasteiger partial charge on any atom is 0.230 e. The Morgan fingerprint density at radius 3 is 2.62 bits per heavy atom. The molecule has 0 aliphatic rings. The molecule has 3 rings (SSSR count). The van der Waals surface area contributed by atoms with E-state index in [9.17, 15) is 0 Å². The molecular weight excluding hydrogens is 332 g/mol. The van der Waals surface area contributed by atoms with Crippen LogP contribution in [-0.4, -0.2) is 41.1 Å². The summed E-state index contributed by atoms with van der Waals surface area (Å²) in [6, 6.07) is 5.56. The molecule has 2 heterocycles. The highest BCUT2D eigenvalue weighted by Gasteiger charge is 2.17. The van der Waals surface area contributed by atoms with Crippen LogP contribution in [0.3, 0.4) is 0 Å². The van der Waals surface area contributed by atoms with E-state index in [1.54, 1.807) is 14.2 Å². The van der Waals surface area contributed by atoms with E-state index in [0.717, 1.165) is 34.3 Å². The average Bonchev–Trinajstić information content (AvgIpc) is 3.20. The summed E-state index contributed by atoms with van der Waals surface area (Å²) in [5.41, 5.74) is 2.71. The number of oxazole rings is 1. The summed E-state index contributed by atoms with van der Waals surface area (Å²) in [4.78, 5) is 14.4. The number of aromatic amines is 1. The van der Waals surface area contributed by atoms with Crippen LogP contribution in [0.15, 0.2) is 28.8 Å². The molecule has 0 saturated heterocycles. The van der Waals surface area contributed by atoms with E-state index >= 15 is 0 Å². The van der Waals surface area contributed by atoms with Crippen LogP contribution in [0.4, 0.5) is 0 Å². The van der Waals surface area contributed by atoms with Crippen LogP contribution in [0.25, 0.3) is 11.5 Å². The highest BCUT2D eigenvalue weighted by Crippen LogP contribution is 2.34. The van der Waals surface area contributed by atoms with E-state index in [-0.39, 0.29) is 0 Å². The van der Waals surface area contributed by atoms with Gasteiger partial charge in [0.05, 0.1) is 32.0 Å². The van der Waals surface area contributed by atoms with Gasteiger partial charge in [-0.15, -0.1) is 0 Å². The predicted octanol–water partition coefficient (Wildman–Crippen LogP) is 3.33. The fraction of sp³-hybridized carbons (Fsp3) is 0.368. The van der Waals surface area contributed by atoms with Crippen LogP contribution in [-0.2, 0) is 13.1 Å². The summed E-state index contributed by atoms with van der Waals surface area (Å²) >= 11 is 0. The number of aryl methyl sites for hydroxylation is 2. The molecule has 0 saturated carbocycles. The van der Waals surface area contributed by atoms with Gasteiger partial charge in [-0.1, -0.05) is 0 Å². The smallest absolute Gasteiger partial charge is 0.230 e. The van der Waals surface area contributed by atoms with Crippen LogP contribution in [0.1, 0.15) is 23.0 Å². The van der Waals surface area contributed by atoms with E-state index < -0.39 is 0 Å². The zero-order chi connectivity index (χ0) is 18.7. The monoisotopic (exact) mass is 356 g/mol. The third-order valence-corrected chi connectivity index (χ3v) is 4.12. The maximum atomic E-state index is 5.90. The number of H-pyrrole nitrogens is 1. The molecular formula is C19H24N4O3. The van der Waals surface area contributed by atoms with Crippen molar-refractivity contribution >= 4 is 0 Å². The number of hydrogen-bond donors (Lipinski definition) is 1. The standard InChI is InChI=1S/C19H24N4O3/c1-12-9-20-18(21-12)11-23(3)10-16-13(2)26-19(22-16)15-8-14(24-4)6-7-17(15)25-5/h6-9H,10-11H2,1-5H3,(H,20,21). The van der Waals surface area contributed by atoms with Crippen molar-refractivity contribution in [2.45, 2.75) is 26.9 Å². The Kier molecular flexibility index (Phi) is 5.27. The topological polar surface area (TPSA) is 76.4 Å². The quantitative estimate of drug-likeness (QED) is 0.700. The Morgan fingerprint density at radius 1 is 1.15 bits per heavy atom. The van der Waals surface area contributed by atoms with E-state index in [1.165, 1.54) is 0 Å². The normalized spacial score (nSPS) is 11.2. The third kappa shape index (κ3) is 3.88. The molecule has 7 nitrogen and oxygen atoms in total. The van der Waals surface area contributed by atoms with Gasteiger partial charge in [0.25, 0.3) is 0 Å². The lowest BCUT2D eigenvalue weighted by Crippen LogP contribution is -2.18. The van der Waals surface area contributed by atoms with Crippen molar-refractivity contribution < 1.29 is 13.9 Å². The van der Waals surface area contributed by atoms with Crippen LogP contribution in [0.2, 0.25) is 0 Å². The van der Waals surface area contributed by atoms with Gasteiger partial charge >= 0.3 is 0 Å². The first-order valence-electron chi connectivity index (χ1n) is 8.38. The van der Waals surface area contributed by atoms with Crippen molar-refractivity contribution in [3.05, 3.63) is 47.4 Å². The van der Waals surface area contributed by atoms with Crippen LogP contribution >= 0.6 is 0 Å². The van der Waals surface area contributed by atoms with Crippen molar-refractivity contribution in [2.24, 2.45) is 0 Å². The number of hydrogen-bond acceptors (Lipinski definition) is 6. The molecule has 2 aromatic heterocycles. The largest absolute Gasteiger partial charge is 0.497 e. The molecule has 3 aromatic rings. The molecule has 1 aromatic carbocycles. The Bertz CT molecular complexity index is 885. The third-order valence-electron chi connectivity index (χ3n) is 4.12. The minimum Gasteiger partial charge on any atom is -0.497 e. The molecule has 0 bridgehead atoms. The van der Waals surface area contributed by atoms with E-state index in [1.807, 2.05) is 45.3 Å². The van der Waals surface area contributed by atoms with Gasteiger partial charge in [0, 0.05) is 18.4 Å². The second-order valence-electron chi connectivity index (χ2n) is 6.27. The van der Waals surface area contributed by atoms with Gasteiger partial charge in [0.2, 0.25) is 5.89 Å². The number of nitrogens with zero attached hydrogens (tertiary/aromatic N) is 3. The number of benzene rings is 1. The average molecular weight is 356 g/mol. The van der Waals surface area contributed by atoms with Crippen molar-refractivity contribution in [1.29, 1.82) is 0 Å². The summed E-state index contributed by atoms with van der Waals surface area (Å²) in [6.45, 7) is 5.27. The molecule has 0 aliphatic heterocycles. The van der Waals surface area contributed by atoms with Gasteiger partial charge in [-0.3, -0.25) is 4.90 Å². The number of ether oxygens (including phenoxy) is 2. The van der Waals surface area contributed by atoms with Crippen molar-refractivity contribution in [2.75, 3.05) is 21.3 Å².